The number of carbonyl (C=O) groups excluding carboxylic acids is 1. The number of ketones is 1. The van der Waals surface area contributed by atoms with Crippen molar-refractivity contribution in [1.29, 1.82) is 0 Å². The minimum absolute atomic E-state index is 0.126. The van der Waals surface area contributed by atoms with E-state index in [9.17, 15) is 4.79 Å². The second-order valence-electron chi connectivity index (χ2n) is 5.33. The van der Waals surface area contributed by atoms with Crippen molar-refractivity contribution in [2.24, 2.45) is 0 Å². The number of ether oxygens (including phenoxy) is 1. The van der Waals surface area contributed by atoms with Crippen LogP contribution in [0.5, 0.6) is 5.75 Å². The minimum Gasteiger partial charge on any atom is -0.491 e. The van der Waals surface area contributed by atoms with E-state index in [4.69, 9.17) is 4.74 Å². The number of rotatable bonds is 8. The van der Waals surface area contributed by atoms with E-state index < -0.39 is 0 Å². The first-order valence-corrected chi connectivity index (χ1v) is 7.02. The summed E-state index contributed by atoms with van der Waals surface area (Å²) < 4.78 is 5.60. The van der Waals surface area contributed by atoms with E-state index in [0.29, 0.717) is 12.5 Å². The van der Waals surface area contributed by atoms with Crippen LogP contribution in [0.3, 0.4) is 0 Å². The van der Waals surface area contributed by atoms with Crippen LogP contribution in [0, 0.1) is 0 Å². The summed E-state index contributed by atoms with van der Waals surface area (Å²) in [6.07, 6.45) is 1.57. The molecule has 0 fully saturated rings. The Morgan fingerprint density at radius 3 is 2.63 bits per heavy atom. The fourth-order valence-electron chi connectivity index (χ4n) is 1.80. The molecule has 0 aliphatic carbocycles. The largest absolute Gasteiger partial charge is 0.491 e. The van der Waals surface area contributed by atoms with E-state index in [1.54, 1.807) is 0 Å². The van der Waals surface area contributed by atoms with Gasteiger partial charge in [-0.3, -0.25) is 4.79 Å². The molecule has 0 heterocycles. The van der Waals surface area contributed by atoms with Crippen molar-refractivity contribution in [2.45, 2.75) is 52.7 Å². The molecule has 1 N–H and O–H groups in total. The van der Waals surface area contributed by atoms with Crippen molar-refractivity contribution in [3.63, 3.8) is 0 Å². The van der Waals surface area contributed by atoms with Gasteiger partial charge in [0.05, 0.1) is 6.10 Å². The predicted octanol–water partition coefficient (Wildman–Crippen LogP) is 3.43. The predicted molar refractivity (Wildman–Crippen MR) is 78.9 cm³/mol. The second kappa shape index (κ2) is 7.95. The average molecular weight is 263 g/mol. The van der Waals surface area contributed by atoms with Gasteiger partial charge in [-0.05, 0) is 38.9 Å². The van der Waals surface area contributed by atoms with Crippen LogP contribution in [0.25, 0.3) is 0 Å². The molecule has 0 aliphatic heterocycles. The summed E-state index contributed by atoms with van der Waals surface area (Å²) in [6.45, 7) is 9.05. The molecule has 0 saturated carbocycles. The third-order valence-corrected chi connectivity index (χ3v) is 2.66. The lowest BCUT2D eigenvalue weighted by Crippen LogP contribution is -2.24. The van der Waals surface area contributed by atoms with Gasteiger partial charge in [-0.1, -0.05) is 26.0 Å². The maximum Gasteiger partial charge on any atom is 0.163 e. The van der Waals surface area contributed by atoms with Crippen molar-refractivity contribution >= 4 is 5.78 Å². The molecule has 1 aromatic carbocycles. The maximum absolute atomic E-state index is 12.0. The van der Waals surface area contributed by atoms with Gasteiger partial charge < -0.3 is 10.1 Å². The molecule has 0 amide bonds. The maximum atomic E-state index is 12.0. The molecular weight excluding hydrogens is 238 g/mol. The number of hydrogen-bond acceptors (Lipinski definition) is 3. The Labute approximate surface area is 116 Å². The van der Waals surface area contributed by atoms with Crippen LogP contribution in [0.1, 0.15) is 50.9 Å². The van der Waals surface area contributed by atoms with Crippen molar-refractivity contribution in [3.05, 3.63) is 29.8 Å². The van der Waals surface area contributed by atoms with Crippen LogP contribution >= 0.6 is 0 Å². The lowest BCUT2D eigenvalue weighted by Gasteiger charge is -2.11. The average Bonchev–Trinajstić information content (AvgIpc) is 2.33. The van der Waals surface area contributed by atoms with Crippen molar-refractivity contribution in [3.8, 4) is 5.75 Å². The second-order valence-corrected chi connectivity index (χ2v) is 5.33. The van der Waals surface area contributed by atoms with Crippen LogP contribution in [0.15, 0.2) is 24.3 Å². The Kier molecular flexibility index (Phi) is 6.57. The first-order chi connectivity index (χ1) is 8.99. The number of nitrogens with one attached hydrogen (secondary N) is 1. The van der Waals surface area contributed by atoms with Crippen molar-refractivity contribution < 1.29 is 9.53 Å². The Morgan fingerprint density at radius 1 is 1.26 bits per heavy atom. The Balaban J connectivity index is 2.47. The fraction of sp³-hybridized carbons (Fsp3) is 0.562. The summed E-state index contributed by atoms with van der Waals surface area (Å²) in [6, 6.07) is 7.91. The van der Waals surface area contributed by atoms with Gasteiger partial charge in [0.25, 0.3) is 0 Å². The number of benzene rings is 1. The van der Waals surface area contributed by atoms with Crippen LogP contribution in [-0.4, -0.2) is 24.5 Å². The summed E-state index contributed by atoms with van der Waals surface area (Å²) in [7, 11) is 0. The van der Waals surface area contributed by atoms with Crippen LogP contribution in [0.2, 0.25) is 0 Å². The molecule has 0 radical (unpaired) electrons. The zero-order chi connectivity index (χ0) is 14.3. The molecule has 0 unspecified atom stereocenters. The lowest BCUT2D eigenvalue weighted by atomic mass is 10.1. The van der Waals surface area contributed by atoms with E-state index in [2.05, 4.69) is 19.2 Å². The zero-order valence-corrected chi connectivity index (χ0v) is 12.4. The summed E-state index contributed by atoms with van der Waals surface area (Å²) in [4.78, 5) is 12.0. The van der Waals surface area contributed by atoms with Gasteiger partial charge in [0.1, 0.15) is 5.75 Å². The molecule has 19 heavy (non-hydrogen) atoms. The highest BCUT2D eigenvalue weighted by Crippen LogP contribution is 2.16. The third-order valence-electron chi connectivity index (χ3n) is 2.66. The molecule has 0 saturated heterocycles. The van der Waals surface area contributed by atoms with Gasteiger partial charge in [0, 0.05) is 18.0 Å². The highest BCUT2D eigenvalue weighted by Gasteiger charge is 2.07. The van der Waals surface area contributed by atoms with Crippen molar-refractivity contribution in [2.75, 3.05) is 6.54 Å². The first-order valence-electron chi connectivity index (χ1n) is 7.02. The minimum atomic E-state index is 0.126. The molecular formula is C16H25NO2. The molecule has 3 heteroatoms. The number of hydrogen-bond donors (Lipinski definition) is 1. The van der Waals surface area contributed by atoms with Crippen LogP contribution < -0.4 is 10.1 Å². The van der Waals surface area contributed by atoms with E-state index in [-0.39, 0.29) is 11.9 Å². The van der Waals surface area contributed by atoms with E-state index in [1.807, 2.05) is 38.1 Å². The zero-order valence-electron chi connectivity index (χ0n) is 12.4. The smallest absolute Gasteiger partial charge is 0.163 e. The molecule has 0 spiro atoms. The quantitative estimate of drug-likeness (QED) is 0.577. The van der Waals surface area contributed by atoms with Gasteiger partial charge in [-0.15, -0.1) is 0 Å². The topological polar surface area (TPSA) is 38.3 Å². The number of Topliss-reactive ketones (excluding diaryl/α,β-unsaturated/α-hetero) is 1. The Bertz CT molecular complexity index is 399. The number of carbonyl (C=O) groups is 1. The summed E-state index contributed by atoms with van der Waals surface area (Å²) >= 11 is 0. The monoisotopic (exact) mass is 263 g/mol. The SMILES string of the molecule is CC(C)NCCCC(=O)c1cccc(OC(C)C)c1. The van der Waals surface area contributed by atoms with Gasteiger partial charge >= 0.3 is 0 Å². The van der Waals surface area contributed by atoms with E-state index in [0.717, 1.165) is 24.3 Å². The van der Waals surface area contributed by atoms with Gasteiger partial charge in [-0.2, -0.15) is 0 Å². The molecule has 1 rings (SSSR count). The fourth-order valence-corrected chi connectivity index (χ4v) is 1.80. The molecule has 106 valence electrons. The summed E-state index contributed by atoms with van der Waals surface area (Å²) in [5.41, 5.74) is 0.739. The first kappa shape index (κ1) is 15.7. The van der Waals surface area contributed by atoms with E-state index >= 15 is 0 Å². The van der Waals surface area contributed by atoms with Gasteiger partial charge in [0.2, 0.25) is 0 Å². The highest BCUT2D eigenvalue weighted by molar-refractivity contribution is 5.96. The van der Waals surface area contributed by atoms with Crippen LogP contribution in [0.4, 0.5) is 0 Å². The Morgan fingerprint density at radius 2 is 2.00 bits per heavy atom. The summed E-state index contributed by atoms with van der Waals surface area (Å²) in [5, 5.41) is 3.31. The third kappa shape index (κ3) is 6.39. The van der Waals surface area contributed by atoms with Crippen molar-refractivity contribution in [1.82, 2.24) is 5.32 Å². The normalized spacial score (nSPS) is 11.1. The molecule has 3 nitrogen and oxygen atoms in total. The standard InChI is InChI=1S/C16H25NO2/c1-12(2)17-10-6-9-16(18)14-7-5-8-15(11-14)19-13(3)4/h5,7-8,11-13,17H,6,9-10H2,1-4H3. The lowest BCUT2D eigenvalue weighted by molar-refractivity contribution is 0.0979. The molecule has 0 bridgehead atoms. The molecule has 1 aromatic rings. The van der Waals surface area contributed by atoms with Crippen LogP contribution in [-0.2, 0) is 0 Å². The van der Waals surface area contributed by atoms with Gasteiger partial charge in [0.15, 0.2) is 5.78 Å². The highest BCUT2D eigenvalue weighted by atomic mass is 16.5. The molecule has 0 aromatic heterocycles. The van der Waals surface area contributed by atoms with Gasteiger partial charge in [-0.25, -0.2) is 0 Å². The van der Waals surface area contributed by atoms with E-state index in [1.165, 1.54) is 0 Å². The molecule has 0 aliphatic rings. The summed E-state index contributed by atoms with van der Waals surface area (Å²) in [5.74, 6) is 0.945. The Hall–Kier alpha value is -1.35. The molecule has 0 atom stereocenters.